The summed E-state index contributed by atoms with van der Waals surface area (Å²) in [5.74, 6) is 0.473. The number of nitrogens with one attached hydrogen (secondary N) is 1. The number of methoxy groups -OCH3 is 1. The largest absolute Gasteiger partial charge is 0.495 e. The maximum atomic E-state index is 11.6. The molecule has 1 amide bonds. The molecule has 6 heteroatoms. The molecule has 0 atom stereocenters. The highest BCUT2D eigenvalue weighted by Crippen LogP contribution is 2.28. The maximum Gasteiger partial charge on any atom is 0.412 e. The fourth-order valence-corrected chi connectivity index (χ4v) is 1.55. The number of para-hydroxylation sites is 1. The third-order valence-electron chi connectivity index (χ3n) is 2.08. The van der Waals surface area contributed by atoms with Crippen LogP contribution >= 0.6 is 12.2 Å². The molecule has 0 aromatic heterocycles. The van der Waals surface area contributed by atoms with Gasteiger partial charge in [0.2, 0.25) is 0 Å². The van der Waals surface area contributed by atoms with Crippen LogP contribution in [0.1, 0.15) is 19.4 Å². The highest BCUT2D eigenvalue weighted by molar-refractivity contribution is 7.80. The first-order valence-electron chi connectivity index (χ1n) is 5.40. The summed E-state index contributed by atoms with van der Waals surface area (Å²) in [5, 5.41) is 2.59. The lowest BCUT2D eigenvalue weighted by molar-refractivity contribution is 0.130. The number of nitrogens with two attached hydrogens (primary N) is 1. The molecule has 0 bridgehead atoms. The maximum absolute atomic E-state index is 11.6. The van der Waals surface area contributed by atoms with E-state index in [1.54, 1.807) is 32.0 Å². The van der Waals surface area contributed by atoms with Gasteiger partial charge in [0, 0.05) is 5.56 Å². The van der Waals surface area contributed by atoms with E-state index >= 15 is 0 Å². The van der Waals surface area contributed by atoms with Crippen molar-refractivity contribution in [2.75, 3.05) is 12.4 Å². The van der Waals surface area contributed by atoms with E-state index in [4.69, 9.17) is 27.4 Å². The van der Waals surface area contributed by atoms with Crippen LogP contribution in [-0.2, 0) is 4.74 Å². The van der Waals surface area contributed by atoms with Crippen LogP contribution in [0.4, 0.5) is 10.5 Å². The lowest BCUT2D eigenvalue weighted by Gasteiger charge is -2.15. The summed E-state index contributed by atoms with van der Waals surface area (Å²) in [5.41, 5.74) is 6.55. The monoisotopic (exact) mass is 268 g/mol. The number of benzene rings is 1. The molecule has 1 aromatic rings. The second-order valence-corrected chi connectivity index (χ2v) is 4.27. The van der Waals surface area contributed by atoms with E-state index in [0.29, 0.717) is 17.0 Å². The van der Waals surface area contributed by atoms with Gasteiger partial charge in [0.15, 0.2) is 0 Å². The zero-order chi connectivity index (χ0) is 13.7. The topological polar surface area (TPSA) is 73.6 Å². The normalized spacial score (nSPS) is 10.0. The summed E-state index contributed by atoms with van der Waals surface area (Å²) < 4.78 is 10.2. The minimum absolute atomic E-state index is 0.175. The predicted octanol–water partition coefficient (Wildman–Crippen LogP) is 2.29. The van der Waals surface area contributed by atoms with Crippen LogP contribution < -0.4 is 15.8 Å². The number of thiocarbonyl (C=S) groups is 1. The van der Waals surface area contributed by atoms with Gasteiger partial charge in [-0.05, 0) is 26.0 Å². The van der Waals surface area contributed by atoms with E-state index in [2.05, 4.69) is 5.32 Å². The van der Waals surface area contributed by atoms with E-state index < -0.39 is 6.09 Å². The molecule has 1 rings (SSSR count). The van der Waals surface area contributed by atoms with Gasteiger partial charge in [0.05, 0.1) is 18.9 Å². The number of amides is 1. The quantitative estimate of drug-likeness (QED) is 0.820. The van der Waals surface area contributed by atoms with Crippen molar-refractivity contribution in [3.8, 4) is 5.75 Å². The van der Waals surface area contributed by atoms with Crippen LogP contribution in [0.5, 0.6) is 5.75 Å². The number of rotatable bonds is 4. The average molecular weight is 268 g/mol. The van der Waals surface area contributed by atoms with Crippen molar-refractivity contribution in [2.45, 2.75) is 20.0 Å². The SMILES string of the molecule is COc1cccc(C(N)=S)c1NC(=O)OC(C)C. The third kappa shape index (κ3) is 3.59. The molecule has 3 N–H and O–H groups in total. The van der Waals surface area contributed by atoms with Crippen LogP contribution in [0.25, 0.3) is 0 Å². The second kappa shape index (κ2) is 6.20. The van der Waals surface area contributed by atoms with Crippen LogP contribution in [0.15, 0.2) is 18.2 Å². The Morgan fingerprint density at radius 2 is 2.11 bits per heavy atom. The van der Waals surface area contributed by atoms with Gasteiger partial charge < -0.3 is 15.2 Å². The van der Waals surface area contributed by atoms with E-state index in [1.165, 1.54) is 7.11 Å². The van der Waals surface area contributed by atoms with Gasteiger partial charge in [-0.3, -0.25) is 5.32 Å². The molecular formula is C12H16N2O3S. The number of carbonyl (C=O) groups is 1. The first-order chi connectivity index (χ1) is 8.45. The van der Waals surface area contributed by atoms with E-state index in [0.717, 1.165) is 0 Å². The molecule has 0 heterocycles. The number of hydrogen-bond acceptors (Lipinski definition) is 4. The standard InChI is InChI=1S/C12H16N2O3S/c1-7(2)17-12(15)14-10-8(11(13)18)5-4-6-9(10)16-3/h4-7H,1-3H3,(H2,13,18)(H,14,15). The van der Waals surface area contributed by atoms with Gasteiger partial charge in [-0.2, -0.15) is 0 Å². The number of ether oxygens (including phenoxy) is 2. The van der Waals surface area contributed by atoms with Gasteiger partial charge in [-0.25, -0.2) is 4.79 Å². The van der Waals surface area contributed by atoms with Crippen molar-refractivity contribution >= 4 is 29.0 Å². The molecule has 0 aliphatic heterocycles. The molecule has 18 heavy (non-hydrogen) atoms. The van der Waals surface area contributed by atoms with Crippen molar-refractivity contribution in [3.63, 3.8) is 0 Å². The fourth-order valence-electron chi connectivity index (χ4n) is 1.38. The average Bonchev–Trinajstić information content (AvgIpc) is 2.27. The van der Waals surface area contributed by atoms with Crippen LogP contribution in [0.2, 0.25) is 0 Å². The molecule has 98 valence electrons. The Hall–Kier alpha value is -1.82. The zero-order valence-corrected chi connectivity index (χ0v) is 11.3. The lowest BCUT2D eigenvalue weighted by Crippen LogP contribution is -2.21. The van der Waals surface area contributed by atoms with Gasteiger partial charge in [0.25, 0.3) is 0 Å². The van der Waals surface area contributed by atoms with Crippen molar-refractivity contribution < 1.29 is 14.3 Å². The van der Waals surface area contributed by atoms with Crippen molar-refractivity contribution in [2.24, 2.45) is 5.73 Å². The molecule has 0 saturated carbocycles. The van der Waals surface area contributed by atoms with E-state index in [-0.39, 0.29) is 11.1 Å². The highest BCUT2D eigenvalue weighted by Gasteiger charge is 2.15. The van der Waals surface area contributed by atoms with Crippen LogP contribution in [0, 0.1) is 0 Å². The molecule has 0 saturated heterocycles. The van der Waals surface area contributed by atoms with Crippen molar-refractivity contribution in [3.05, 3.63) is 23.8 Å². The lowest BCUT2D eigenvalue weighted by atomic mass is 10.1. The Kier molecular flexibility index (Phi) is 4.91. The molecule has 0 unspecified atom stereocenters. The molecule has 1 aromatic carbocycles. The summed E-state index contributed by atoms with van der Waals surface area (Å²) >= 11 is 4.93. The molecular weight excluding hydrogens is 252 g/mol. The number of anilines is 1. The Morgan fingerprint density at radius 1 is 1.44 bits per heavy atom. The fraction of sp³-hybridized carbons (Fsp3) is 0.333. The molecule has 0 fully saturated rings. The van der Waals surface area contributed by atoms with Crippen LogP contribution in [0.3, 0.4) is 0 Å². The number of hydrogen-bond donors (Lipinski definition) is 2. The Morgan fingerprint density at radius 3 is 2.61 bits per heavy atom. The third-order valence-corrected chi connectivity index (χ3v) is 2.30. The molecule has 0 aliphatic carbocycles. The Bertz CT molecular complexity index is 461. The summed E-state index contributed by atoms with van der Waals surface area (Å²) in [7, 11) is 1.50. The predicted molar refractivity (Wildman–Crippen MR) is 74.1 cm³/mol. The smallest absolute Gasteiger partial charge is 0.412 e. The summed E-state index contributed by atoms with van der Waals surface area (Å²) in [6.45, 7) is 3.52. The zero-order valence-electron chi connectivity index (χ0n) is 10.5. The number of carbonyl (C=O) groups excluding carboxylic acids is 1. The van der Waals surface area contributed by atoms with Gasteiger partial charge in [-0.15, -0.1) is 0 Å². The summed E-state index contributed by atoms with van der Waals surface area (Å²) in [6.07, 6.45) is -0.792. The molecule has 0 aliphatic rings. The molecule has 5 nitrogen and oxygen atoms in total. The van der Waals surface area contributed by atoms with Crippen molar-refractivity contribution in [1.29, 1.82) is 0 Å². The summed E-state index contributed by atoms with van der Waals surface area (Å²) in [4.78, 5) is 11.8. The van der Waals surface area contributed by atoms with Crippen LogP contribution in [-0.4, -0.2) is 24.3 Å². The Labute approximate surface area is 111 Å². The van der Waals surface area contributed by atoms with Gasteiger partial charge >= 0.3 is 6.09 Å². The Balaban J connectivity index is 3.05. The molecule has 0 radical (unpaired) electrons. The highest BCUT2D eigenvalue weighted by atomic mass is 32.1. The first-order valence-corrected chi connectivity index (χ1v) is 5.81. The van der Waals surface area contributed by atoms with E-state index in [9.17, 15) is 4.79 Å². The summed E-state index contributed by atoms with van der Waals surface area (Å²) in [6, 6.07) is 5.15. The van der Waals surface area contributed by atoms with E-state index in [1.807, 2.05) is 0 Å². The first kappa shape index (κ1) is 14.2. The van der Waals surface area contributed by atoms with Gasteiger partial charge in [-0.1, -0.05) is 18.3 Å². The van der Waals surface area contributed by atoms with Crippen molar-refractivity contribution in [1.82, 2.24) is 0 Å². The van der Waals surface area contributed by atoms with Gasteiger partial charge in [0.1, 0.15) is 10.7 Å². The second-order valence-electron chi connectivity index (χ2n) is 3.83. The molecule has 0 spiro atoms. The minimum Gasteiger partial charge on any atom is -0.495 e. The minimum atomic E-state index is -0.577.